The fourth-order valence-electron chi connectivity index (χ4n) is 2.62. The number of nitrogens with one attached hydrogen (secondary N) is 1. The van der Waals surface area contributed by atoms with Crippen LogP contribution in [-0.4, -0.2) is 25.7 Å². The van der Waals surface area contributed by atoms with Gasteiger partial charge in [-0.1, -0.05) is 26.0 Å². The van der Waals surface area contributed by atoms with Crippen LogP contribution in [0.15, 0.2) is 18.2 Å². The van der Waals surface area contributed by atoms with E-state index in [1.165, 1.54) is 0 Å². The summed E-state index contributed by atoms with van der Waals surface area (Å²) in [5.41, 5.74) is 1.81. The van der Waals surface area contributed by atoms with Gasteiger partial charge in [-0.2, -0.15) is 0 Å². The molecule has 0 radical (unpaired) electrons. The molecule has 18 heavy (non-hydrogen) atoms. The van der Waals surface area contributed by atoms with E-state index >= 15 is 0 Å². The molecule has 1 aliphatic rings. The molecule has 0 saturated carbocycles. The molecule has 0 amide bonds. The van der Waals surface area contributed by atoms with E-state index in [2.05, 4.69) is 24.1 Å². The molecule has 0 spiro atoms. The monoisotopic (exact) mass is 250 g/mol. The fraction of sp³-hybridized carbons (Fsp3) is 0.600. The van der Waals surface area contributed by atoms with Gasteiger partial charge in [-0.25, -0.2) is 4.39 Å². The summed E-state index contributed by atoms with van der Waals surface area (Å²) in [5, 5.41) is 3.56. The average Bonchev–Trinajstić information content (AvgIpc) is 2.54. The number of para-hydroxylation sites is 1. The highest BCUT2D eigenvalue weighted by Gasteiger charge is 2.22. The van der Waals surface area contributed by atoms with Crippen LogP contribution in [0.5, 0.6) is 0 Å². The molecule has 2 nitrogen and oxygen atoms in total. The zero-order valence-corrected chi connectivity index (χ0v) is 11.5. The molecule has 1 fully saturated rings. The van der Waals surface area contributed by atoms with E-state index in [9.17, 15) is 4.39 Å². The van der Waals surface area contributed by atoms with Crippen molar-refractivity contribution in [2.24, 2.45) is 5.92 Å². The van der Waals surface area contributed by atoms with Crippen molar-refractivity contribution in [3.63, 3.8) is 0 Å². The number of hydrogen-bond donors (Lipinski definition) is 1. The summed E-state index contributed by atoms with van der Waals surface area (Å²) < 4.78 is 14.0. The lowest BCUT2D eigenvalue weighted by molar-refractivity contribution is 0.419. The van der Waals surface area contributed by atoms with Gasteiger partial charge in [-0.15, -0.1) is 0 Å². The molecule has 0 bridgehead atoms. The number of nitrogens with zero attached hydrogens (tertiary/aromatic N) is 1. The third-order valence-electron chi connectivity index (χ3n) is 3.74. The van der Waals surface area contributed by atoms with Crippen molar-refractivity contribution in [2.75, 3.05) is 24.5 Å². The van der Waals surface area contributed by atoms with Gasteiger partial charge in [0.1, 0.15) is 5.82 Å². The Kier molecular flexibility index (Phi) is 4.23. The lowest BCUT2D eigenvalue weighted by atomic mass is 10.0. The topological polar surface area (TPSA) is 15.3 Å². The van der Waals surface area contributed by atoms with Crippen LogP contribution in [0.4, 0.5) is 10.1 Å². The summed E-state index contributed by atoms with van der Waals surface area (Å²) in [4.78, 5) is 2.20. The van der Waals surface area contributed by atoms with Crippen molar-refractivity contribution < 1.29 is 4.39 Å². The number of hydrogen-bond acceptors (Lipinski definition) is 2. The summed E-state index contributed by atoms with van der Waals surface area (Å²) in [6, 6.07) is 5.77. The van der Waals surface area contributed by atoms with Crippen LogP contribution in [-0.2, 0) is 0 Å². The minimum Gasteiger partial charge on any atom is -0.367 e. The van der Waals surface area contributed by atoms with Gasteiger partial charge >= 0.3 is 0 Å². The van der Waals surface area contributed by atoms with Gasteiger partial charge in [0.15, 0.2) is 0 Å². The van der Waals surface area contributed by atoms with E-state index in [1.54, 1.807) is 12.1 Å². The van der Waals surface area contributed by atoms with Gasteiger partial charge in [-0.3, -0.25) is 0 Å². The predicted octanol–water partition coefficient (Wildman–Crippen LogP) is 2.96. The zero-order chi connectivity index (χ0) is 13.1. The molecule has 0 aromatic heterocycles. The molecular formula is C15H23FN2. The van der Waals surface area contributed by atoms with E-state index in [0.717, 1.165) is 37.3 Å². The molecule has 1 heterocycles. The minimum atomic E-state index is -0.0978. The third kappa shape index (κ3) is 2.83. The minimum absolute atomic E-state index is 0.0978. The molecule has 2 rings (SSSR count). The highest BCUT2D eigenvalue weighted by atomic mass is 19.1. The molecule has 1 N–H and O–H groups in total. The first kappa shape index (κ1) is 13.3. The Labute approximate surface area is 109 Å². The quantitative estimate of drug-likeness (QED) is 0.868. The predicted molar refractivity (Wildman–Crippen MR) is 74.6 cm³/mol. The van der Waals surface area contributed by atoms with Crippen LogP contribution in [0.2, 0.25) is 0 Å². The fourth-order valence-corrected chi connectivity index (χ4v) is 2.62. The molecular weight excluding hydrogens is 227 g/mol. The Morgan fingerprint density at radius 3 is 2.83 bits per heavy atom. The van der Waals surface area contributed by atoms with E-state index < -0.39 is 0 Å². The largest absolute Gasteiger partial charge is 0.367 e. The van der Waals surface area contributed by atoms with Crippen molar-refractivity contribution >= 4 is 5.69 Å². The summed E-state index contributed by atoms with van der Waals surface area (Å²) >= 11 is 0. The molecule has 1 aromatic carbocycles. The first-order valence-corrected chi connectivity index (χ1v) is 6.83. The van der Waals surface area contributed by atoms with E-state index in [1.807, 2.05) is 13.0 Å². The number of rotatable bonds is 2. The van der Waals surface area contributed by atoms with Gasteiger partial charge in [0.2, 0.25) is 0 Å². The molecule has 1 aromatic rings. The number of benzene rings is 1. The number of halogens is 1. The van der Waals surface area contributed by atoms with Gasteiger partial charge in [0.25, 0.3) is 0 Å². The Balaban J connectivity index is 2.25. The standard InChI is InChI=1S/C15H23FN2/c1-11(2)14-10-18(9-5-8-17-14)15-12(3)6-4-7-13(15)16/h4,6-7,11,14,17H,5,8-10H2,1-3H3. The second kappa shape index (κ2) is 5.70. The van der Waals surface area contributed by atoms with Gasteiger partial charge in [0.05, 0.1) is 5.69 Å². The normalized spacial score (nSPS) is 21.2. The van der Waals surface area contributed by atoms with Crippen LogP contribution in [0, 0.1) is 18.7 Å². The summed E-state index contributed by atoms with van der Waals surface area (Å²) in [7, 11) is 0. The molecule has 3 heteroatoms. The number of aryl methyl sites for hydroxylation is 1. The van der Waals surface area contributed by atoms with Crippen molar-refractivity contribution in [1.29, 1.82) is 0 Å². The Hall–Kier alpha value is -1.09. The summed E-state index contributed by atoms with van der Waals surface area (Å²) in [5.74, 6) is 0.470. The van der Waals surface area contributed by atoms with Crippen LogP contribution in [0.25, 0.3) is 0 Å². The Morgan fingerprint density at radius 1 is 1.39 bits per heavy atom. The Bertz CT molecular complexity index is 383. The average molecular weight is 250 g/mol. The van der Waals surface area contributed by atoms with Crippen molar-refractivity contribution in [2.45, 2.75) is 33.2 Å². The van der Waals surface area contributed by atoms with E-state index in [4.69, 9.17) is 0 Å². The molecule has 1 aliphatic heterocycles. The molecule has 1 saturated heterocycles. The molecule has 1 atom stereocenters. The smallest absolute Gasteiger partial charge is 0.146 e. The van der Waals surface area contributed by atoms with Gasteiger partial charge in [0, 0.05) is 19.1 Å². The van der Waals surface area contributed by atoms with Crippen molar-refractivity contribution in [1.82, 2.24) is 5.32 Å². The van der Waals surface area contributed by atoms with Crippen LogP contribution in [0.3, 0.4) is 0 Å². The maximum atomic E-state index is 14.0. The molecule has 100 valence electrons. The molecule has 1 unspecified atom stereocenters. The van der Waals surface area contributed by atoms with Crippen molar-refractivity contribution in [3.05, 3.63) is 29.6 Å². The van der Waals surface area contributed by atoms with E-state index in [0.29, 0.717) is 12.0 Å². The van der Waals surface area contributed by atoms with Gasteiger partial charge in [-0.05, 0) is 37.4 Å². The van der Waals surface area contributed by atoms with E-state index in [-0.39, 0.29) is 5.82 Å². The zero-order valence-electron chi connectivity index (χ0n) is 11.5. The maximum absolute atomic E-state index is 14.0. The third-order valence-corrected chi connectivity index (χ3v) is 3.74. The first-order valence-electron chi connectivity index (χ1n) is 6.83. The first-order chi connectivity index (χ1) is 8.59. The van der Waals surface area contributed by atoms with Crippen LogP contribution < -0.4 is 10.2 Å². The summed E-state index contributed by atoms with van der Waals surface area (Å²) in [6.07, 6.45) is 1.07. The van der Waals surface area contributed by atoms with Gasteiger partial charge < -0.3 is 10.2 Å². The second-order valence-electron chi connectivity index (χ2n) is 5.51. The second-order valence-corrected chi connectivity index (χ2v) is 5.51. The SMILES string of the molecule is Cc1cccc(F)c1N1CCCNC(C(C)C)C1. The van der Waals surface area contributed by atoms with Crippen LogP contribution in [0.1, 0.15) is 25.8 Å². The highest BCUT2D eigenvalue weighted by Crippen LogP contribution is 2.25. The van der Waals surface area contributed by atoms with Crippen LogP contribution >= 0.6 is 0 Å². The Morgan fingerprint density at radius 2 is 2.17 bits per heavy atom. The molecule has 0 aliphatic carbocycles. The lowest BCUT2D eigenvalue weighted by Crippen LogP contribution is -2.41. The summed E-state index contributed by atoms with van der Waals surface area (Å²) in [6.45, 7) is 9.26. The highest BCUT2D eigenvalue weighted by molar-refractivity contribution is 5.54. The number of anilines is 1. The van der Waals surface area contributed by atoms with Crippen molar-refractivity contribution in [3.8, 4) is 0 Å². The maximum Gasteiger partial charge on any atom is 0.146 e. The lowest BCUT2D eigenvalue weighted by Gasteiger charge is -2.29.